The van der Waals surface area contributed by atoms with Crippen molar-refractivity contribution in [1.29, 1.82) is 0 Å². The van der Waals surface area contributed by atoms with Gasteiger partial charge in [0.1, 0.15) is 0 Å². The Morgan fingerprint density at radius 1 is 0.489 bits per heavy atom. The molecular weight excluding hydrogens is 585 g/mol. The lowest BCUT2D eigenvalue weighted by molar-refractivity contribution is 0.866. The Kier molecular flexibility index (Phi) is 5.97. The molecule has 0 fully saturated rings. The summed E-state index contributed by atoms with van der Waals surface area (Å²) in [6, 6.07) is 53.9. The summed E-state index contributed by atoms with van der Waals surface area (Å²) >= 11 is 1.95. The minimum absolute atomic E-state index is 0.431. The molecule has 7 aromatic carbocycles. The second-order valence-electron chi connectivity index (χ2n) is 12.8. The monoisotopic (exact) mass is 614 g/mol. The number of hydrogen-bond donors (Lipinski definition) is 0. The smallest absolute Gasteiger partial charge is 0.0396 e. The fourth-order valence-electron chi connectivity index (χ4n) is 7.77. The second kappa shape index (κ2) is 10.5. The zero-order valence-corrected chi connectivity index (χ0v) is 26.6. The molecule has 0 bridgehead atoms. The summed E-state index contributed by atoms with van der Waals surface area (Å²) < 4.78 is 2.82. The molecule has 220 valence electrons. The Bertz CT molecular complexity index is 2720. The number of allylic oxidation sites excluding steroid dienone is 1. The Morgan fingerprint density at radius 3 is 1.89 bits per heavy atom. The maximum atomic E-state index is 2.46. The zero-order chi connectivity index (χ0) is 30.9. The fourth-order valence-corrected chi connectivity index (χ4v) is 9.10. The molecule has 0 N–H and O–H groups in total. The van der Waals surface area contributed by atoms with Crippen LogP contribution in [0.25, 0.3) is 82.7 Å². The van der Waals surface area contributed by atoms with Gasteiger partial charge in [0.15, 0.2) is 0 Å². The molecule has 1 heterocycles. The molecule has 0 spiro atoms. The van der Waals surface area contributed by atoms with Gasteiger partial charge in [-0.15, -0.1) is 11.3 Å². The predicted octanol–water partition coefficient (Wildman–Crippen LogP) is 11.2. The molecule has 1 atom stereocenters. The lowest BCUT2D eigenvalue weighted by Crippen LogP contribution is -2.30. The van der Waals surface area contributed by atoms with Gasteiger partial charge >= 0.3 is 0 Å². The molecule has 0 nitrogen and oxygen atoms in total. The topological polar surface area (TPSA) is 0 Å². The molecule has 10 rings (SSSR count). The average Bonchev–Trinajstić information content (AvgIpc) is 3.53. The van der Waals surface area contributed by atoms with Gasteiger partial charge in [0.25, 0.3) is 0 Å². The first-order chi connectivity index (χ1) is 23.3. The van der Waals surface area contributed by atoms with Crippen LogP contribution in [0.4, 0.5) is 0 Å². The highest BCUT2D eigenvalue weighted by atomic mass is 32.1. The molecule has 2 aliphatic rings. The maximum absolute atomic E-state index is 2.46. The Morgan fingerprint density at radius 2 is 1.11 bits per heavy atom. The summed E-state index contributed by atoms with van der Waals surface area (Å²) in [5, 5.41) is 7.96. The van der Waals surface area contributed by atoms with Crippen molar-refractivity contribution in [1.82, 2.24) is 0 Å². The lowest BCUT2D eigenvalue weighted by atomic mass is 9.79. The third kappa shape index (κ3) is 4.35. The van der Waals surface area contributed by atoms with Crippen LogP contribution in [0.15, 0.2) is 152 Å². The first kappa shape index (κ1) is 26.7. The van der Waals surface area contributed by atoms with Crippen LogP contribution in [0, 0.1) is 5.92 Å². The molecule has 1 heteroatoms. The van der Waals surface area contributed by atoms with Gasteiger partial charge in [-0.1, -0.05) is 133 Å². The Hall–Kier alpha value is -5.50. The Labute approximate surface area is 277 Å². The van der Waals surface area contributed by atoms with Crippen molar-refractivity contribution in [3.05, 3.63) is 173 Å². The zero-order valence-electron chi connectivity index (χ0n) is 25.8. The molecule has 0 saturated heterocycles. The molecule has 0 aliphatic heterocycles. The lowest BCUT2D eigenvalue weighted by Gasteiger charge is -2.25. The van der Waals surface area contributed by atoms with Crippen molar-refractivity contribution >= 4 is 60.7 Å². The van der Waals surface area contributed by atoms with Gasteiger partial charge in [0.2, 0.25) is 0 Å². The minimum atomic E-state index is 0.431. The van der Waals surface area contributed by atoms with Crippen molar-refractivity contribution in [3.8, 4) is 33.4 Å². The van der Waals surface area contributed by atoms with Crippen LogP contribution in [0.2, 0.25) is 0 Å². The number of hydrogen-bond acceptors (Lipinski definition) is 1. The van der Waals surface area contributed by atoms with Crippen molar-refractivity contribution in [3.63, 3.8) is 0 Å². The van der Waals surface area contributed by atoms with Crippen molar-refractivity contribution in [2.24, 2.45) is 5.92 Å². The molecule has 0 radical (unpaired) electrons. The van der Waals surface area contributed by atoms with Crippen molar-refractivity contribution in [2.45, 2.75) is 6.42 Å². The van der Waals surface area contributed by atoms with E-state index in [0.29, 0.717) is 5.92 Å². The quantitative estimate of drug-likeness (QED) is 0.174. The van der Waals surface area contributed by atoms with Gasteiger partial charge in [-0.3, -0.25) is 0 Å². The van der Waals surface area contributed by atoms with Gasteiger partial charge in [-0.2, -0.15) is 0 Å². The van der Waals surface area contributed by atoms with Crippen LogP contribution in [0.1, 0.15) is 17.5 Å². The largest absolute Gasteiger partial charge is 0.135 e. The van der Waals surface area contributed by atoms with E-state index in [1.807, 2.05) is 11.3 Å². The van der Waals surface area contributed by atoms with E-state index < -0.39 is 0 Å². The van der Waals surface area contributed by atoms with E-state index in [1.54, 1.807) is 0 Å². The summed E-state index contributed by atoms with van der Waals surface area (Å²) in [5.41, 5.74) is 11.7. The van der Waals surface area contributed by atoms with Gasteiger partial charge in [0, 0.05) is 15.2 Å². The maximum Gasteiger partial charge on any atom is 0.0396 e. The summed E-state index contributed by atoms with van der Waals surface area (Å²) in [7, 11) is 0. The van der Waals surface area contributed by atoms with Gasteiger partial charge in [0.05, 0.1) is 0 Å². The molecule has 47 heavy (non-hydrogen) atoms. The summed E-state index contributed by atoms with van der Waals surface area (Å²) in [6.45, 7) is 0. The standard InChI is InChI=1S/C46H30S/c1-2-12-39-29(7-1)15-16-30-18-21-37(27-42(30)39)35-10-5-8-33(25-35)34-9-6-11-36(26-34)38-22-19-31-17-20-32-23-24-41-40-13-3-4-14-44(40)47-46(41)45(32)43(31)28-38/h1-22,24-28,32H,23H2. The number of thiophene rings is 1. The van der Waals surface area contributed by atoms with Crippen LogP contribution in [-0.2, 0) is 0 Å². The highest BCUT2D eigenvalue weighted by molar-refractivity contribution is 7.17. The molecule has 0 saturated carbocycles. The molecule has 1 aromatic heterocycles. The SMILES string of the molecule is C1=CC2CC=c3c(sc4ccccc34)=C2c2cc(-c3cccc(-c4cccc(-c5ccc6ccc7ccccc7c6c5)c4)c3)ccc21. The highest BCUT2D eigenvalue weighted by Crippen LogP contribution is 2.39. The second-order valence-corrected chi connectivity index (χ2v) is 13.9. The summed E-state index contributed by atoms with van der Waals surface area (Å²) in [4.78, 5) is 0. The third-order valence-corrected chi connectivity index (χ3v) is 11.4. The molecule has 0 amide bonds. The van der Waals surface area contributed by atoms with Crippen LogP contribution in [-0.4, -0.2) is 0 Å². The van der Waals surface area contributed by atoms with E-state index in [-0.39, 0.29) is 0 Å². The molecular formula is C46H30S. The van der Waals surface area contributed by atoms with Gasteiger partial charge < -0.3 is 0 Å². The van der Waals surface area contributed by atoms with E-state index in [1.165, 1.54) is 91.5 Å². The van der Waals surface area contributed by atoms with E-state index in [2.05, 4.69) is 164 Å². The van der Waals surface area contributed by atoms with Crippen molar-refractivity contribution < 1.29 is 0 Å². The first-order valence-electron chi connectivity index (χ1n) is 16.4. The molecule has 8 aromatic rings. The summed E-state index contributed by atoms with van der Waals surface area (Å²) in [5.74, 6) is 0.431. The number of benzene rings is 7. The minimum Gasteiger partial charge on any atom is -0.135 e. The van der Waals surface area contributed by atoms with Crippen molar-refractivity contribution in [2.75, 3.05) is 0 Å². The van der Waals surface area contributed by atoms with Crippen LogP contribution >= 0.6 is 11.3 Å². The average molecular weight is 615 g/mol. The molecule has 2 aliphatic carbocycles. The van der Waals surface area contributed by atoms with Gasteiger partial charge in [-0.05, 0) is 119 Å². The van der Waals surface area contributed by atoms with Crippen LogP contribution in [0.5, 0.6) is 0 Å². The first-order valence-corrected chi connectivity index (χ1v) is 17.3. The van der Waals surface area contributed by atoms with E-state index in [9.17, 15) is 0 Å². The molecule has 1 unspecified atom stereocenters. The normalized spacial score (nSPS) is 15.0. The number of rotatable bonds is 3. The highest BCUT2D eigenvalue weighted by Gasteiger charge is 2.24. The van der Waals surface area contributed by atoms with E-state index >= 15 is 0 Å². The van der Waals surface area contributed by atoms with E-state index in [4.69, 9.17) is 0 Å². The fraction of sp³-hybridized carbons (Fsp3) is 0.0435. The van der Waals surface area contributed by atoms with Crippen LogP contribution < -0.4 is 9.75 Å². The summed E-state index contributed by atoms with van der Waals surface area (Å²) in [6.07, 6.45) is 8.26. The van der Waals surface area contributed by atoms with Gasteiger partial charge in [-0.25, -0.2) is 0 Å². The number of fused-ring (bicyclic) bond motifs is 9. The van der Waals surface area contributed by atoms with Crippen LogP contribution in [0.3, 0.4) is 0 Å². The third-order valence-electron chi connectivity index (χ3n) is 10.1. The Balaban J connectivity index is 1.06. The predicted molar refractivity (Wildman–Crippen MR) is 203 cm³/mol. The van der Waals surface area contributed by atoms with E-state index in [0.717, 1.165) is 6.42 Å².